The molecule has 0 N–H and O–H groups in total. The Morgan fingerprint density at radius 3 is 2.13 bits per heavy atom. The fourth-order valence-electron chi connectivity index (χ4n) is 2.25. The number of fused-ring (bicyclic) bond motifs is 1. The van der Waals surface area contributed by atoms with Gasteiger partial charge in [0, 0.05) is 10.9 Å². The van der Waals surface area contributed by atoms with Crippen LogP contribution in [0.3, 0.4) is 0 Å². The molecule has 2 aromatic carbocycles. The van der Waals surface area contributed by atoms with Gasteiger partial charge in [-0.15, -0.1) is 0 Å². The van der Waals surface area contributed by atoms with Crippen molar-refractivity contribution < 1.29 is 8.42 Å². The highest BCUT2D eigenvalue weighted by Crippen LogP contribution is 2.45. The summed E-state index contributed by atoms with van der Waals surface area (Å²) in [6.07, 6.45) is 0. The highest BCUT2D eigenvalue weighted by molar-refractivity contribution is 9.42. The van der Waals surface area contributed by atoms with E-state index in [0.29, 0.717) is 16.6 Å². The quantitative estimate of drug-likeness (QED) is 0.422. The number of alkyl halides is 3. The predicted octanol–water partition coefficient (Wildman–Crippen LogP) is 5.47. The van der Waals surface area contributed by atoms with Crippen LogP contribution in [-0.2, 0) is 9.84 Å². The lowest BCUT2D eigenvalue weighted by atomic mass is 10.1. The summed E-state index contributed by atoms with van der Waals surface area (Å²) in [5, 5.41) is 0.579. The van der Waals surface area contributed by atoms with Crippen molar-refractivity contribution in [3.63, 3.8) is 0 Å². The monoisotopic (exact) mass is 517 g/mol. The van der Waals surface area contributed by atoms with E-state index in [1.807, 2.05) is 36.4 Å². The predicted molar refractivity (Wildman–Crippen MR) is 104 cm³/mol. The van der Waals surface area contributed by atoms with Gasteiger partial charge in [-0.05, 0) is 59.9 Å². The van der Waals surface area contributed by atoms with Gasteiger partial charge in [0.15, 0.2) is 0 Å². The van der Waals surface area contributed by atoms with Gasteiger partial charge in [0.25, 0.3) is 0 Å². The summed E-state index contributed by atoms with van der Waals surface area (Å²) >= 11 is 9.38. The topological polar surface area (TPSA) is 47.0 Å². The fraction of sp³-hybridized carbons (Fsp3) is 0.0625. The minimum atomic E-state index is -3.72. The molecule has 0 unspecified atom stereocenters. The van der Waals surface area contributed by atoms with Crippen LogP contribution in [0.1, 0.15) is 0 Å². The Bertz CT molecular complexity index is 968. The summed E-state index contributed by atoms with van der Waals surface area (Å²) in [4.78, 5) is 4.79. The zero-order chi connectivity index (χ0) is 16.7. The smallest absolute Gasteiger partial charge is 0.239 e. The number of hydrogen-bond donors (Lipinski definition) is 0. The minimum Gasteiger partial charge on any atom is -0.248 e. The Morgan fingerprint density at radius 1 is 0.870 bits per heavy atom. The normalized spacial score (nSPS) is 12.5. The second kappa shape index (κ2) is 6.27. The molecule has 23 heavy (non-hydrogen) atoms. The first-order chi connectivity index (χ1) is 10.8. The Kier molecular flexibility index (Phi) is 4.66. The summed E-state index contributed by atoms with van der Waals surface area (Å²) in [6.45, 7) is 0. The second-order valence-corrected chi connectivity index (χ2v) is 15.2. The van der Waals surface area contributed by atoms with Crippen LogP contribution >= 0.6 is 47.8 Å². The van der Waals surface area contributed by atoms with Crippen molar-refractivity contribution in [1.82, 2.24) is 4.98 Å². The van der Waals surface area contributed by atoms with Crippen molar-refractivity contribution in [2.24, 2.45) is 0 Å². The van der Waals surface area contributed by atoms with E-state index in [1.54, 1.807) is 24.3 Å². The molecule has 3 aromatic rings. The van der Waals surface area contributed by atoms with Crippen LogP contribution in [0.15, 0.2) is 65.6 Å². The van der Waals surface area contributed by atoms with Gasteiger partial charge in [-0.2, -0.15) is 0 Å². The molecule has 0 aliphatic rings. The van der Waals surface area contributed by atoms with E-state index >= 15 is 0 Å². The molecule has 0 amide bonds. The molecule has 0 spiro atoms. The number of rotatable bonds is 2. The highest BCUT2D eigenvalue weighted by atomic mass is 80.0. The molecule has 1 aromatic heterocycles. The lowest BCUT2D eigenvalue weighted by Crippen LogP contribution is -2.18. The second-order valence-electron chi connectivity index (χ2n) is 4.84. The summed E-state index contributed by atoms with van der Waals surface area (Å²) in [6, 6.07) is 18.3. The molecular formula is C16H10Br3NO2S. The molecule has 0 fully saturated rings. The van der Waals surface area contributed by atoms with Gasteiger partial charge in [0.05, 0.1) is 16.1 Å². The van der Waals surface area contributed by atoms with Crippen molar-refractivity contribution in [3.8, 4) is 11.3 Å². The first kappa shape index (κ1) is 17.1. The third kappa shape index (κ3) is 3.24. The van der Waals surface area contributed by atoms with Gasteiger partial charge in [-0.1, -0.05) is 48.5 Å². The van der Waals surface area contributed by atoms with E-state index < -0.39 is 11.3 Å². The Labute approximate surface area is 159 Å². The van der Waals surface area contributed by atoms with Crippen LogP contribution < -0.4 is 0 Å². The van der Waals surface area contributed by atoms with Crippen LogP contribution in [0.5, 0.6) is 0 Å². The Balaban J connectivity index is 2.37. The molecule has 0 saturated heterocycles. The number of halogens is 3. The maximum Gasteiger partial charge on any atom is 0.239 e. The van der Waals surface area contributed by atoms with Gasteiger partial charge >= 0.3 is 0 Å². The van der Waals surface area contributed by atoms with E-state index in [0.717, 1.165) is 5.56 Å². The number of sulfone groups is 1. The van der Waals surface area contributed by atoms with Gasteiger partial charge in [-0.3, -0.25) is 0 Å². The molecule has 0 radical (unpaired) electrons. The van der Waals surface area contributed by atoms with E-state index in [4.69, 9.17) is 0 Å². The highest BCUT2D eigenvalue weighted by Gasteiger charge is 2.38. The van der Waals surface area contributed by atoms with E-state index in [-0.39, 0.29) is 4.90 Å². The van der Waals surface area contributed by atoms with Crippen LogP contribution in [0.25, 0.3) is 22.2 Å². The lowest BCUT2D eigenvalue weighted by Gasteiger charge is -2.16. The zero-order valence-corrected chi connectivity index (χ0v) is 17.2. The lowest BCUT2D eigenvalue weighted by molar-refractivity contribution is 0.599. The molecule has 0 aliphatic carbocycles. The first-order valence-electron chi connectivity index (χ1n) is 6.57. The maximum absolute atomic E-state index is 12.9. The van der Waals surface area contributed by atoms with Gasteiger partial charge in [0.1, 0.15) is 0 Å². The average molecular weight is 520 g/mol. The standard InChI is InChI=1S/C16H10Br3NO2S/c17-16(18,19)23(21,22)15-10-14(11-6-2-1-3-7-11)20-13-9-5-4-8-12(13)15/h1-10H. The molecule has 118 valence electrons. The number of hydrogen-bond acceptors (Lipinski definition) is 3. The van der Waals surface area contributed by atoms with Crippen molar-refractivity contribution in [2.45, 2.75) is 6.37 Å². The number of pyridine rings is 1. The van der Waals surface area contributed by atoms with Crippen molar-refractivity contribution in [1.29, 1.82) is 0 Å². The minimum absolute atomic E-state index is 0.201. The molecule has 0 bridgehead atoms. The van der Waals surface area contributed by atoms with Crippen molar-refractivity contribution >= 4 is 68.5 Å². The molecule has 1 heterocycles. The number of nitrogens with zero attached hydrogens (tertiary/aromatic N) is 1. The summed E-state index contributed by atoms with van der Waals surface area (Å²) in [7, 11) is -3.72. The fourth-order valence-corrected chi connectivity index (χ4v) is 4.80. The summed E-state index contributed by atoms with van der Waals surface area (Å²) < 4.78 is 24.3. The van der Waals surface area contributed by atoms with Gasteiger partial charge in [-0.25, -0.2) is 13.4 Å². The Morgan fingerprint density at radius 2 is 1.48 bits per heavy atom. The Hall–Kier alpha value is -0.760. The van der Waals surface area contributed by atoms with Gasteiger partial charge < -0.3 is 0 Å². The molecule has 0 saturated carbocycles. The number of benzene rings is 2. The van der Waals surface area contributed by atoms with Crippen molar-refractivity contribution in [2.75, 3.05) is 0 Å². The largest absolute Gasteiger partial charge is 0.248 e. The third-order valence-electron chi connectivity index (χ3n) is 3.34. The molecule has 0 atom stereocenters. The third-order valence-corrected chi connectivity index (χ3v) is 8.70. The molecular weight excluding hydrogens is 510 g/mol. The summed E-state index contributed by atoms with van der Waals surface area (Å²) in [5.74, 6) is 0. The van der Waals surface area contributed by atoms with Crippen LogP contribution in [-0.4, -0.2) is 14.9 Å². The van der Waals surface area contributed by atoms with Crippen LogP contribution in [0, 0.1) is 0 Å². The molecule has 7 heteroatoms. The number of aromatic nitrogens is 1. The van der Waals surface area contributed by atoms with E-state index in [1.165, 1.54) is 0 Å². The van der Waals surface area contributed by atoms with Crippen LogP contribution in [0.2, 0.25) is 0 Å². The number of para-hydroxylation sites is 1. The maximum atomic E-state index is 12.9. The SMILES string of the molecule is O=S(=O)(c1cc(-c2ccccc2)nc2ccccc12)C(Br)(Br)Br. The van der Waals surface area contributed by atoms with Gasteiger partial charge in [0.2, 0.25) is 11.3 Å². The van der Waals surface area contributed by atoms with E-state index in [2.05, 4.69) is 52.8 Å². The van der Waals surface area contributed by atoms with E-state index in [9.17, 15) is 8.42 Å². The average Bonchev–Trinajstić information content (AvgIpc) is 2.53. The zero-order valence-electron chi connectivity index (χ0n) is 11.6. The first-order valence-corrected chi connectivity index (χ1v) is 10.4. The van der Waals surface area contributed by atoms with Crippen molar-refractivity contribution in [3.05, 3.63) is 60.7 Å². The van der Waals surface area contributed by atoms with Crippen LogP contribution in [0.4, 0.5) is 0 Å². The molecule has 3 nitrogen and oxygen atoms in total. The summed E-state index contributed by atoms with van der Waals surface area (Å²) in [5.41, 5.74) is 2.10. The molecule has 0 aliphatic heterocycles. The molecule has 3 rings (SSSR count).